The van der Waals surface area contributed by atoms with E-state index in [-0.39, 0.29) is 66.5 Å². The Morgan fingerprint density at radius 3 is 2.49 bits per heavy atom. The number of ether oxygens (including phenoxy) is 2. The topological polar surface area (TPSA) is 157 Å². The number of carboxylic acids is 2. The summed E-state index contributed by atoms with van der Waals surface area (Å²) in [6.07, 6.45) is 4.71. The first-order valence-corrected chi connectivity index (χ1v) is 11.8. The number of benzene rings is 1. The third-order valence-electron chi connectivity index (χ3n) is 6.46. The van der Waals surface area contributed by atoms with E-state index in [1.807, 2.05) is 0 Å². The van der Waals surface area contributed by atoms with E-state index in [1.165, 1.54) is 37.3 Å². The molecule has 2 aromatic rings. The zero-order chi connectivity index (χ0) is 27.0. The molecule has 2 heterocycles. The number of carboxylic acid groups (broad SMARTS) is 2. The van der Waals surface area contributed by atoms with Crippen LogP contribution in [-0.4, -0.2) is 51.4 Å². The number of alkyl halides is 2. The van der Waals surface area contributed by atoms with E-state index >= 15 is 0 Å². The SMILES string of the molecule is CC(N)c1oc(-c2ccc(OC(F)F)c(OCC3CC3)c2)nc1C[C@]1(C(=O)O)CC=CC(C)(C(=O)O)N1.Cl.Cl. The van der Waals surface area contributed by atoms with E-state index in [4.69, 9.17) is 14.9 Å². The third-order valence-corrected chi connectivity index (χ3v) is 6.46. The molecule has 0 radical (unpaired) electrons. The van der Waals surface area contributed by atoms with Gasteiger partial charge in [-0.1, -0.05) is 12.2 Å². The van der Waals surface area contributed by atoms with Crippen LogP contribution in [0.15, 0.2) is 34.8 Å². The van der Waals surface area contributed by atoms with Gasteiger partial charge < -0.3 is 29.8 Å². The molecular formula is C25H31Cl2F2N3O7. The largest absolute Gasteiger partial charge is 0.489 e. The van der Waals surface area contributed by atoms with Crippen LogP contribution >= 0.6 is 24.8 Å². The average Bonchev–Trinajstić information content (AvgIpc) is 3.55. The number of nitrogens with two attached hydrogens (primary N) is 1. The number of rotatable bonds is 11. The number of hydrogen-bond acceptors (Lipinski definition) is 8. The minimum absolute atomic E-state index is 0. The first-order chi connectivity index (χ1) is 17.4. The Bertz CT molecular complexity index is 1220. The van der Waals surface area contributed by atoms with Crippen LogP contribution in [0.5, 0.6) is 11.5 Å². The molecule has 4 rings (SSSR count). The molecule has 0 amide bonds. The molecule has 0 spiro atoms. The Morgan fingerprint density at radius 1 is 1.23 bits per heavy atom. The van der Waals surface area contributed by atoms with E-state index in [9.17, 15) is 28.6 Å². The molecule has 1 aromatic carbocycles. The molecule has 5 N–H and O–H groups in total. The second-order valence-corrected chi connectivity index (χ2v) is 9.72. The van der Waals surface area contributed by atoms with E-state index in [0.717, 1.165) is 12.8 Å². The Labute approximate surface area is 235 Å². The van der Waals surface area contributed by atoms with Crippen molar-refractivity contribution in [1.29, 1.82) is 0 Å². The number of carbonyl (C=O) groups is 2. The molecule has 1 aliphatic carbocycles. The smallest absolute Gasteiger partial charge is 0.387 e. The van der Waals surface area contributed by atoms with Crippen molar-refractivity contribution in [1.82, 2.24) is 10.3 Å². The summed E-state index contributed by atoms with van der Waals surface area (Å²) in [4.78, 5) is 28.7. The van der Waals surface area contributed by atoms with Gasteiger partial charge >= 0.3 is 18.6 Å². The minimum Gasteiger partial charge on any atom is -0.489 e. The third kappa shape index (κ3) is 7.18. The van der Waals surface area contributed by atoms with Gasteiger partial charge in [-0.2, -0.15) is 8.78 Å². The number of aliphatic carboxylic acids is 2. The van der Waals surface area contributed by atoms with E-state index in [2.05, 4.69) is 15.0 Å². The molecule has 0 bridgehead atoms. The number of oxazole rings is 1. The van der Waals surface area contributed by atoms with Crippen molar-refractivity contribution in [3.8, 4) is 23.0 Å². The lowest BCUT2D eigenvalue weighted by molar-refractivity contribution is -0.149. The summed E-state index contributed by atoms with van der Waals surface area (Å²) < 4.78 is 42.0. The maximum absolute atomic E-state index is 12.9. The number of nitrogens with one attached hydrogen (secondary N) is 1. The average molecular weight is 594 g/mol. The van der Waals surface area contributed by atoms with Crippen molar-refractivity contribution in [3.63, 3.8) is 0 Å². The fourth-order valence-electron chi connectivity index (χ4n) is 4.24. The van der Waals surface area contributed by atoms with Gasteiger partial charge in [-0.05, 0) is 57.2 Å². The van der Waals surface area contributed by atoms with Gasteiger partial charge in [0, 0.05) is 12.0 Å². The summed E-state index contributed by atoms with van der Waals surface area (Å²) in [5.74, 6) is -1.85. The van der Waals surface area contributed by atoms with Crippen molar-refractivity contribution < 1.29 is 42.5 Å². The molecule has 1 aliphatic heterocycles. The van der Waals surface area contributed by atoms with E-state index in [0.29, 0.717) is 18.1 Å². The second kappa shape index (κ2) is 12.5. The number of hydrogen-bond donors (Lipinski definition) is 4. The molecule has 10 nitrogen and oxygen atoms in total. The number of nitrogens with zero attached hydrogens (tertiary/aromatic N) is 1. The summed E-state index contributed by atoms with van der Waals surface area (Å²) in [5, 5.41) is 22.5. The quantitative estimate of drug-likeness (QED) is 0.276. The van der Waals surface area contributed by atoms with Crippen LogP contribution in [0.3, 0.4) is 0 Å². The van der Waals surface area contributed by atoms with Crippen LogP contribution in [0.2, 0.25) is 0 Å². The molecule has 2 unspecified atom stereocenters. The van der Waals surface area contributed by atoms with Gasteiger partial charge in [-0.15, -0.1) is 24.8 Å². The molecule has 1 saturated carbocycles. The summed E-state index contributed by atoms with van der Waals surface area (Å²) >= 11 is 0. The molecule has 0 saturated heterocycles. The summed E-state index contributed by atoms with van der Waals surface area (Å²) in [6, 6.07) is 3.60. The molecule has 39 heavy (non-hydrogen) atoms. The highest BCUT2D eigenvalue weighted by atomic mass is 35.5. The van der Waals surface area contributed by atoms with Crippen molar-refractivity contribution in [2.75, 3.05) is 6.61 Å². The molecule has 3 atom stereocenters. The van der Waals surface area contributed by atoms with Crippen molar-refractivity contribution in [2.45, 2.75) is 63.3 Å². The van der Waals surface area contributed by atoms with Crippen LogP contribution in [-0.2, 0) is 16.0 Å². The van der Waals surface area contributed by atoms with Crippen LogP contribution in [0.1, 0.15) is 50.6 Å². The van der Waals surface area contributed by atoms with Crippen molar-refractivity contribution in [3.05, 3.63) is 41.8 Å². The highest BCUT2D eigenvalue weighted by molar-refractivity contribution is 5.86. The summed E-state index contributed by atoms with van der Waals surface area (Å²) in [7, 11) is 0. The van der Waals surface area contributed by atoms with Crippen molar-refractivity contribution >= 4 is 36.8 Å². The fraction of sp³-hybridized carbons (Fsp3) is 0.480. The Balaban J connectivity index is 0.00000267. The monoisotopic (exact) mass is 593 g/mol. The number of aromatic nitrogens is 1. The first kappa shape index (κ1) is 32.3. The predicted molar refractivity (Wildman–Crippen MR) is 141 cm³/mol. The Hall–Kier alpha value is -2.93. The normalized spacial score (nSPS) is 22.9. The highest BCUT2D eigenvalue weighted by Crippen LogP contribution is 2.38. The van der Waals surface area contributed by atoms with Gasteiger partial charge in [-0.3, -0.25) is 10.1 Å². The van der Waals surface area contributed by atoms with Gasteiger partial charge in [0.15, 0.2) is 11.5 Å². The second-order valence-electron chi connectivity index (χ2n) is 9.72. The van der Waals surface area contributed by atoms with Crippen molar-refractivity contribution in [2.24, 2.45) is 11.7 Å². The standard InChI is InChI=1S/C25H29F2N3O7.2ClH/c1-13(28)19-16(11-25(22(33)34)9-3-8-24(2,30-25)21(31)32)29-20(37-19)15-6-7-17(36-23(26)27)18(10-15)35-12-14-4-5-14;;/h3,6-8,10,13-14,23,30H,4-5,9,11-12,28H2,1-2H3,(H,31,32)(H,33,34);2*1H/t13?,24?,25-;;/m0../s1. The van der Waals surface area contributed by atoms with Crippen LogP contribution < -0.4 is 20.5 Å². The molecule has 14 heteroatoms. The van der Waals surface area contributed by atoms with Gasteiger partial charge in [0.2, 0.25) is 5.89 Å². The molecular weight excluding hydrogens is 563 g/mol. The van der Waals surface area contributed by atoms with Crippen LogP contribution in [0.25, 0.3) is 11.5 Å². The van der Waals surface area contributed by atoms with Crippen LogP contribution in [0.4, 0.5) is 8.78 Å². The first-order valence-electron chi connectivity index (χ1n) is 11.8. The van der Waals surface area contributed by atoms with Crippen LogP contribution in [0, 0.1) is 5.92 Å². The highest BCUT2D eigenvalue weighted by Gasteiger charge is 2.49. The number of halogens is 4. The Morgan fingerprint density at radius 2 is 1.92 bits per heavy atom. The molecule has 1 fully saturated rings. The van der Waals surface area contributed by atoms with Gasteiger partial charge in [0.25, 0.3) is 0 Å². The maximum Gasteiger partial charge on any atom is 0.387 e. The van der Waals surface area contributed by atoms with E-state index < -0.39 is 35.7 Å². The van der Waals surface area contributed by atoms with Gasteiger partial charge in [0.05, 0.1) is 18.3 Å². The van der Waals surface area contributed by atoms with Gasteiger partial charge in [-0.25, -0.2) is 9.78 Å². The minimum atomic E-state index is -3.03. The lowest BCUT2D eigenvalue weighted by Gasteiger charge is -2.39. The van der Waals surface area contributed by atoms with E-state index in [1.54, 1.807) is 6.92 Å². The van der Waals surface area contributed by atoms with Gasteiger partial charge in [0.1, 0.15) is 16.8 Å². The maximum atomic E-state index is 12.9. The zero-order valence-electron chi connectivity index (χ0n) is 21.2. The lowest BCUT2D eigenvalue weighted by Crippen LogP contribution is -2.65. The summed E-state index contributed by atoms with van der Waals surface area (Å²) in [5.41, 5.74) is 3.42. The zero-order valence-corrected chi connectivity index (χ0v) is 22.8. The molecule has 216 valence electrons. The predicted octanol–water partition coefficient (Wildman–Crippen LogP) is 4.35. The summed E-state index contributed by atoms with van der Waals surface area (Å²) in [6.45, 7) is 0.330. The Kier molecular flexibility index (Phi) is 10.3. The fourth-order valence-corrected chi connectivity index (χ4v) is 4.24. The molecule has 2 aliphatic rings. The lowest BCUT2D eigenvalue weighted by atomic mass is 9.81. The molecule has 1 aromatic heterocycles.